The normalized spacial score (nSPS) is 11.8. The van der Waals surface area contributed by atoms with E-state index in [4.69, 9.17) is 23.2 Å². The Balaban J connectivity index is 1.66. The van der Waals surface area contributed by atoms with Crippen molar-refractivity contribution in [1.29, 1.82) is 0 Å². The number of halogens is 2. The number of thiophene rings is 1. The minimum absolute atomic E-state index is 0.0236. The van der Waals surface area contributed by atoms with Crippen LogP contribution < -0.4 is 4.72 Å². The van der Waals surface area contributed by atoms with Crippen molar-refractivity contribution in [2.45, 2.75) is 18.4 Å². The smallest absolute Gasteiger partial charge is 0.242 e. The molecule has 0 aliphatic heterocycles. The quantitative estimate of drug-likeness (QED) is 0.655. The van der Waals surface area contributed by atoms with E-state index in [9.17, 15) is 8.42 Å². The molecule has 0 fully saturated rings. The number of nitrogens with one attached hydrogen (secondary N) is 1. The van der Waals surface area contributed by atoms with Crippen molar-refractivity contribution >= 4 is 44.6 Å². The van der Waals surface area contributed by atoms with Gasteiger partial charge in [0.2, 0.25) is 10.0 Å². The molecule has 2 aromatic heterocycles. The van der Waals surface area contributed by atoms with Crippen LogP contribution in [0.15, 0.2) is 46.1 Å². The second kappa shape index (κ2) is 7.47. The van der Waals surface area contributed by atoms with Gasteiger partial charge in [-0.25, -0.2) is 13.1 Å². The fourth-order valence-electron chi connectivity index (χ4n) is 2.26. The lowest BCUT2D eigenvalue weighted by atomic mass is 10.2. The Hall–Kier alpha value is -1.38. The number of nitrogens with zero attached hydrogens (tertiary/aromatic N) is 2. The van der Waals surface area contributed by atoms with Crippen molar-refractivity contribution in [3.05, 3.63) is 56.8 Å². The zero-order chi connectivity index (χ0) is 18.0. The Morgan fingerprint density at radius 1 is 1.24 bits per heavy atom. The van der Waals surface area contributed by atoms with Gasteiger partial charge in [-0.15, -0.1) is 0 Å². The largest absolute Gasteiger partial charge is 0.271 e. The van der Waals surface area contributed by atoms with Crippen LogP contribution in [-0.4, -0.2) is 24.7 Å². The Morgan fingerprint density at radius 2 is 2.04 bits per heavy atom. The van der Waals surface area contributed by atoms with E-state index in [1.54, 1.807) is 22.9 Å². The molecule has 0 spiro atoms. The fourth-order valence-corrected chi connectivity index (χ4v) is 4.76. The highest BCUT2D eigenvalue weighted by molar-refractivity contribution is 7.89. The van der Waals surface area contributed by atoms with Gasteiger partial charge in [-0.3, -0.25) is 4.68 Å². The first-order chi connectivity index (χ1) is 11.9. The molecule has 0 unspecified atom stereocenters. The van der Waals surface area contributed by atoms with Gasteiger partial charge >= 0.3 is 0 Å². The Morgan fingerprint density at radius 3 is 2.76 bits per heavy atom. The van der Waals surface area contributed by atoms with E-state index in [0.29, 0.717) is 17.1 Å². The zero-order valence-electron chi connectivity index (χ0n) is 13.2. The Bertz CT molecular complexity index is 983. The lowest BCUT2D eigenvalue weighted by Crippen LogP contribution is -2.28. The van der Waals surface area contributed by atoms with Crippen LogP contribution in [0, 0.1) is 6.92 Å². The highest BCUT2D eigenvalue weighted by atomic mass is 35.5. The van der Waals surface area contributed by atoms with E-state index in [1.807, 2.05) is 29.1 Å². The van der Waals surface area contributed by atoms with Crippen molar-refractivity contribution in [2.24, 2.45) is 0 Å². The highest BCUT2D eigenvalue weighted by Gasteiger charge is 2.19. The lowest BCUT2D eigenvalue weighted by molar-refractivity contribution is 0.561. The second-order valence-electron chi connectivity index (χ2n) is 5.41. The first-order valence-corrected chi connectivity index (χ1v) is 10.6. The third-order valence-corrected chi connectivity index (χ3v) is 6.61. The van der Waals surface area contributed by atoms with Crippen LogP contribution in [0.1, 0.15) is 5.56 Å². The first-order valence-electron chi connectivity index (χ1n) is 7.38. The van der Waals surface area contributed by atoms with Crippen LogP contribution >= 0.6 is 34.5 Å². The second-order valence-corrected chi connectivity index (χ2v) is 8.74. The van der Waals surface area contributed by atoms with Gasteiger partial charge in [-0.1, -0.05) is 23.2 Å². The summed E-state index contributed by atoms with van der Waals surface area (Å²) in [7, 11) is -3.72. The summed E-state index contributed by atoms with van der Waals surface area (Å²) in [5.74, 6) is 0. The van der Waals surface area contributed by atoms with Crippen molar-refractivity contribution in [1.82, 2.24) is 14.5 Å². The van der Waals surface area contributed by atoms with Crippen LogP contribution in [0.5, 0.6) is 0 Å². The predicted octanol–water partition coefficient (Wildman–Crippen LogP) is 4.21. The van der Waals surface area contributed by atoms with Gasteiger partial charge in [0.15, 0.2) is 0 Å². The summed E-state index contributed by atoms with van der Waals surface area (Å²) >= 11 is 13.6. The Kier molecular flexibility index (Phi) is 5.50. The third kappa shape index (κ3) is 4.24. The molecule has 0 radical (unpaired) electrons. The van der Waals surface area contributed by atoms with Crippen LogP contribution in [0.25, 0.3) is 11.3 Å². The topological polar surface area (TPSA) is 64.0 Å². The molecule has 3 aromatic rings. The lowest BCUT2D eigenvalue weighted by Gasteiger charge is -2.10. The number of hydrogen-bond acceptors (Lipinski definition) is 4. The van der Waals surface area contributed by atoms with Crippen LogP contribution in [-0.2, 0) is 16.6 Å². The summed E-state index contributed by atoms with van der Waals surface area (Å²) < 4.78 is 29.1. The van der Waals surface area contributed by atoms with Crippen molar-refractivity contribution < 1.29 is 8.42 Å². The zero-order valence-corrected chi connectivity index (χ0v) is 16.4. The molecule has 1 aromatic carbocycles. The molecule has 0 atom stereocenters. The molecule has 0 aliphatic rings. The monoisotopic (exact) mass is 415 g/mol. The van der Waals surface area contributed by atoms with E-state index < -0.39 is 10.0 Å². The standard InChI is InChI=1S/C16H15Cl2N3O2S2/c1-11-8-16(14(18)9-13(11)17)25(22,23)19-4-6-21-5-2-15(20-21)12-3-7-24-10-12/h2-3,5,7-10,19H,4,6H2,1H3. The molecule has 9 heteroatoms. The number of aryl methyl sites for hydroxylation is 1. The average Bonchev–Trinajstić information content (AvgIpc) is 3.21. The summed E-state index contributed by atoms with van der Waals surface area (Å²) in [5.41, 5.74) is 2.56. The van der Waals surface area contributed by atoms with Crippen molar-refractivity contribution in [3.63, 3.8) is 0 Å². The van der Waals surface area contributed by atoms with E-state index in [2.05, 4.69) is 9.82 Å². The molecule has 25 heavy (non-hydrogen) atoms. The van der Waals surface area contributed by atoms with Gasteiger partial charge in [0, 0.05) is 28.7 Å². The maximum atomic E-state index is 12.4. The number of hydrogen-bond donors (Lipinski definition) is 1. The average molecular weight is 416 g/mol. The molecular weight excluding hydrogens is 401 g/mol. The van der Waals surface area contributed by atoms with Gasteiger partial charge in [0.25, 0.3) is 0 Å². The van der Waals surface area contributed by atoms with Gasteiger partial charge in [-0.2, -0.15) is 16.4 Å². The maximum Gasteiger partial charge on any atom is 0.242 e. The summed E-state index contributed by atoms with van der Waals surface area (Å²) in [6.07, 6.45) is 1.82. The Labute approximate surface area is 160 Å². The van der Waals surface area contributed by atoms with E-state index in [1.165, 1.54) is 12.1 Å². The molecule has 3 rings (SSSR count). The molecule has 1 N–H and O–H groups in total. The summed E-state index contributed by atoms with van der Waals surface area (Å²) in [4.78, 5) is 0.0236. The fraction of sp³-hybridized carbons (Fsp3) is 0.188. The molecule has 132 valence electrons. The van der Waals surface area contributed by atoms with E-state index in [-0.39, 0.29) is 16.5 Å². The number of benzene rings is 1. The SMILES string of the molecule is Cc1cc(S(=O)(=O)NCCn2ccc(-c3ccsc3)n2)c(Cl)cc1Cl. The molecule has 0 amide bonds. The maximum absolute atomic E-state index is 12.4. The highest BCUT2D eigenvalue weighted by Crippen LogP contribution is 2.28. The van der Waals surface area contributed by atoms with E-state index >= 15 is 0 Å². The number of aromatic nitrogens is 2. The third-order valence-electron chi connectivity index (χ3n) is 3.59. The van der Waals surface area contributed by atoms with E-state index in [0.717, 1.165) is 11.3 Å². The summed E-state index contributed by atoms with van der Waals surface area (Å²) in [6.45, 7) is 2.34. The molecule has 0 bridgehead atoms. The molecule has 0 saturated carbocycles. The van der Waals surface area contributed by atoms with Crippen LogP contribution in [0.2, 0.25) is 10.0 Å². The predicted molar refractivity (Wildman–Crippen MR) is 102 cm³/mol. The number of sulfonamides is 1. The van der Waals surface area contributed by atoms with Crippen molar-refractivity contribution in [3.8, 4) is 11.3 Å². The van der Waals surface area contributed by atoms with Gasteiger partial charge in [0.05, 0.1) is 17.3 Å². The van der Waals surface area contributed by atoms with Crippen molar-refractivity contribution in [2.75, 3.05) is 6.54 Å². The molecule has 0 aliphatic carbocycles. The van der Waals surface area contributed by atoms with Crippen LogP contribution in [0.3, 0.4) is 0 Å². The summed E-state index contributed by atoms with van der Waals surface area (Å²) in [5, 5.41) is 8.96. The summed E-state index contributed by atoms with van der Waals surface area (Å²) in [6, 6.07) is 6.80. The first kappa shape index (κ1) is 18.4. The minimum atomic E-state index is -3.72. The van der Waals surface area contributed by atoms with Gasteiger partial charge in [-0.05, 0) is 42.1 Å². The molecule has 0 saturated heterocycles. The number of rotatable bonds is 6. The molecular formula is C16H15Cl2N3O2S2. The van der Waals surface area contributed by atoms with Gasteiger partial charge < -0.3 is 0 Å². The van der Waals surface area contributed by atoms with Crippen LogP contribution in [0.4, 0.5) is 0 Å². The molecule has 5 nitrogen and oxygen atoms in total. The van der Waals surface area contributed by atoms with Gasteiger partial charge in [0.1, 0.15) is 4.90 Å². The molecule has 2 heterocycles. The minimum Gasteiger partial charge on any atom is -0.271 e.